The Morgan fingerprint density at radius 3 is 2.16 bits per heavy atom. The van der Waals surface area contributed by atoms with Crippen molar-refractivity contribution in [1.29, 1.82) is 0 Å². The van der Waals surface area contributed by atoms with E-state index in [0.29, 0.717) is 13.1 Å². The fourth-order valence-corrected chi connectivity index (χ4v) is 6.56. The van der Waals surface area contributed by atoms with Crippen molar-refractivity contribution < 1.29 is 14.3 Å². The molecule has 4 aliphatic rings. The SMILES string of the molecule is COc1ccc(C(CNC(=O)CCNC(=O)NC23CC4CC(CC(C4)C2)C3)N(C)C)cc1. The van der Waals surface area contributed by atoms with Crippen LogP contribution in [0.25, 0.3) is 0 Å². The Labute approximate surface area is 191 Å². The third-order valence-corrected chi connectivity index (χ3v) is 7.67. The highest BCUT2D eigenvalue weighted by atomic mass is 16.5. The van der Waals surface area contributed by atoms with Gasteiger partial charge in [0.05, 0.1) is 13.2 Å². The minimum Gasteiger partial charge on any atom is -0.497 e. The van der Waals surface area contributed by atoms with Gasteiger partial charge in [0.1, 0.15) is 5.75 Å². The molecule has 1 unspecified atom stereocenters. The monoisotopic (exact) mass is 442 g/mol. The Kier molecular flexibility index (Phi) is 6.93. The predicted molar refractivity (Wildman–Crippen MR) is 124 cm³/mol. The average Bonchev–Trinajstić information content (AvgIpc) is 2.72. The number of benzene rings is 1. The fourth-order valence-electron chi connectivity index (χ4n) is 6.56. The van der Waals surface area contributed by atoms with Gasteiger partial charge in [-0.25, -0.2) is 4.79 Å². The molecule has 1 atom stereocenters. The molecule has 0 spiro atoms. The Morgan fingerprint density at radius 2 is 1.62 bits per heavy atom. The number of nitrogens with one attached hydrogen (secondary N) is 3. The maximum Gasteiger partial charge on any atom is 0.315 e. The minimum atomic E-state index is -0.121. The molecule has 3 amide bonds. The molecule has 0 aromatic heterocycles. The molecule has 1 aromatic carbocycles. The van der Waals surface area contributed by atoms with Gasteiger partial charge in [0.25, 0.3) is 0 Å². The molecule has 3 N–H and O–H groups in total. The highest BCUT2D eigenvalue weighted by Gasteiger charge is 2.51. The third kappa shape index (κ3) is 5.37. The summed E-state index contributed by atoms with van der Waals surface area (Å²) in [6, 6.07) is 7.85. The summed E-state index contributed by atoms with van der Waals surface area (Å²) in [5.41, 5.74) is 1.11. The number of nitrogens with zero attached hydrogens (tertiary/aromatic N) is 1. The van der Waals surface area contributed by atoms with Crippen molar-refractivity contribution in [1.82, 2.24) is 20.9 Å². The Bertz CT molecular complexity index is 773. The normalized spacial score (nSPS) is 28.9. The first-order valence-electron chi connectivity index (χ1n) is 12.0. The molecule has 4 aliphatic carbocycles. The number of ether oxygens (including phenoxy) is 1. The minimum absolute atomic E-state index is 0.00160. The number of rotatable bonds is 9. The number of amides is 3. The van der Waals surface area contributed by atoms with Crippen LogP contribution >= 0.6 is 0 Å². The number of hydrogen-bond acceptors (Lipinski definition) is 4. The second-order valence-electron chi connectivity index (χ2n) is 10.4. The second kappa shape index (κ2) is 9.69. The van der Waals surface area contributed by atoms with E-state index in [0.717, 1.165) is 48.3 Å². The van der Waals surface area contributed by atoms with E-state index in [4.69, 9.17) is 4.74 Å². The molecule has 176 valence electrons. The first-order valence-corrected chi connectivity index (χ1v) is 12.0. The first-order chi connectivity index (χ1) is 15.4. The van der Waals surface area contributed by atoms with E-state index in [2.05, 4.69) is 20.9 Å². The lowest BCUT2D eigenvalue weighted by Crippen LogP contribution is -2.61. The van der Waals surface area contributed by atoms with Crippen molar-refractivity contribution in [3.63, 3.8) is 0 Å². The van der Waals surface area contributed by atoms with Crippen molar-refractivity contribution in [3.05, 3.63) is 29.8 Å². The maximum atomic E-state index is 12.5. The lowest BCUT2D eigenvalue weighted by atomic mass is 9.53. The topological polar surface area (TPSA) is 82.7 Å². The standard InChI is InChI=1S/C25H38N4O3/c1-29(2)22(20-4-6-21(32-3)7-5-20)16-27-23(30)8-9-26-24(31)28-25-13-17-10-18(14-25)12-19(11-17)15-25/h4-7,17-19,22H,8-16H2,1-3H3,(H,27,30)(H2,26,28,31). The van der Waals surface area contributed by atoms with Crippen molar-refractivity contribution in [2.24, 2.45) is 17.8 Å². The summed E-state index contributed by atoms with van der Waals surface area (Å²) in [5.74, 6) is 3.14. The number of carbonyl (C=O) groups excluding carboxylic acids is 2. The molecule has 32 heavy (non-hydrogen) atoms. The van der Waals surface area contributed by atoms with Crippen LogP contribution in [0.15, 0.2) is 24.3 Å². The molecule has 4 bridgehead atoms. The summed E-state index contributed by atoms with van der Waals surface area (Å²) in [5, 5.41) is 9.21. The lowest BCUT2D eigenvalue weighted by Gasteiger charge is -2.56. The van der Waals surface area contributed by atoms with Gasteiger partial charge in [0.15, 0.2) is 0 Å². The van der Waals surface area contributed by atoms with Crippen molar-refractivity contribution in [2.75, 3.05) is 34.3 Å². The smallest absolute Gasteiger partial charge is 0.315 e. The highest BCUT2D eigenvalue weighted by molar-refractivity contribution is 5.78. The maximum absolute atomic E-state index is 12.5. The van der Waals surface area contributed by atoms with Crippen molar-refractivity contribution in [2.45, 2.75) is 56.5 Å². The van der Waals surface area contributed by atoms with Crippen LogP contribution < -0.4 is 20.7 Å². The van der Waals surface area contributed by atoms with E-state index in [9.17, 15) is 9.59 Å². The molecule has 4 fully saturated rings. The van der Waals surface area contributed by atoms with Crippen LogP contribution in [0, 0.1) is 17.8 Å². The van der Waals surface area contributed by atoms with Crippen LogP contribution in [0.2, 0.25) is 0 Å². The highest BCUT2D eigenvalue weighted by Crippen LogP contribution is 2.55. The Morgan fingerprint density at radius 1 is 1.03 bits per heavy atom. The van der Waals surface area contributed by atoms with Gasteiger partial charge in [-0.15, -0.1) is 0 Å². The molecule has 7 heteroatoms. The van der Waals surface area contributed by atoms with Gasteiger partial charge in [-0.2, -0.15) is 0 Å². The van der Waals surface area contributed by atoms with Gasteiger partial charge in [0.2, 0.25) is 5.91 Å². The molecule has 5 rings (SSSR count). The van der Waals surface area contributed by atoms with Gasteiger partial charge in [0, 0.05) is 25.0 Å². The molecule has 4 saturated carbocycles. The summed E-state index contributed by atoms with van der Waals surface area (Å²) in [7, 11) is 5.64. The van der Waals surface area contributed by atoms with Gasteiger partial charge in [-0.3, -0.25) is 4.79 Å². The number of methoxy groups -OCH3 is 1. The number of carbonyl (C=O) groups is 2. The molecule has 0 saturated heterocycles. The summed E-state index contributed by atoms with van der Waals surface area (Å²) < 4.78 is 5.23. The Balaban J connectivity index is 1.19. The van der Waals surface area contributed by atoms with E-state index in [1.54, 1.807) is 7.11 Å². The molecule has 0 aliphatic heterocycles. The van der Waals surface area contributed by atoms with E-state index >= 15 is 0 Å². The quantitative estimate of drug-likeness (QED) is 0.549. The predicted octanol–water partition coefficient (Wildman–Crippen LogP) is 3.07. The van der Waals surface area contributed by atoms with E-state index in [1.165, 1.54) is 19.3 Å². The van der Waals surface area contributed by atoms with E-state index in [-0.39, 0.29) is 29.9 Å². The zero-order chi connectivity index (χ0) is 22.7. The second-order valence-corrected chi connectivity index (χ2v) is 10.4. The van der Waals surface area contributed by atoms with Crippen LogP contribution in [-0.4, -0.2) is 56.7 Å². The number of hydrogen-bond donors (Lipinski definition) is 3. The largest absolute Gasteiger partial charge is 0.497 e. The number of likely N-dealkylation sites (N-methyl/N-ethyl adjacent to an activating group) is 1. The molecular formula is C25H38N4O3. The van der Waals surface area contributed by atoms with Gasteiger partial charge < -0.3 is 25.6 Å². The molecule has 0 heterocycles. The first kappa shape index (κ1) is 22.9. The zero-order valence-corrected chi connectivity index (χ0v) is 19.7. The van der Waals surface area contributed by atoms with Crippen LogP contribution in [0.1, 0.15) is 56.6 Å². The third-order valence-electron chi connectivity index (χ3n) is 7.67. The van der Waals surface area contributed by atoms with Crippen LogP contribution in [-0.2, 0) is 4.79 Å². The van der Waals surface area contributed by atoms with Crippen molar-refractivity contribution in [3.8, 4) is 5.75 Å². The summed E-state index contributed by atoms with van der Waals surface area (Å²) in [6.07, 6.45) is 7.73. The zero-order valence-electron chi connectivity index (χ0n) is 19.7. The van der Waals surface area contributed by atoms with Gasteiger partial charge in [-0.05, 0) is 88.1 Å². The van der Waals surface area contributed by atoms with Crippen LogP contribution in [0.4, 0.5) is 4.79 Å². The summed E-state index contributed by atoms with van der Waals surface area (Å²) in [4.78, 5) is 27.0. The van der Waals surface area contributed by atoms with Gasteiger partial charge >= 0.3 is 6.03 Å². The molecule has 1 aromatic rings. The average molecular weight is 443 g/mol. The molecule has 0 radical (unpaired) electrons. The molecule has 7 nitrogen and oxygen atoms in total. The van der Waals surface area contributed by atoms with E-state index in [1.807, 2.05) is 38.4 Å². The fraction of sp³-hybridized carbons (Fsp3) is 0.680. The lowest BCUT2D eigenvalue weighted by molar-refractivity contribution is -0.121. The summed E-state index contributed by atoms with van der Waals surface area (Å²) >= 11 is 0. The van der Waals surface area contributed by atoms with E-state index < -0.39 is 0 Å². The van der Waals surface area contributed by atoms with Crippen molar-refractivity contribution >= 4 is 11.9 Å². The van der Waals surface area contributed by atoms with Crippen LogP contribution in [0.3, 0.4) is 0 Å². The Hall–Kier alpha value is -2.28. The number of urea groups is 1. The van der Waals surface area contributed by atoms with Crippen LogP contribution in [0.5, 0.6) is 5.75 Å². The van der Waals surface area contributed by atoms with Gasteiger partial charge in [-0.1, -0.05) is 12.1 Å². The summed E-state index contributed by atoms with van der Waals surface area (Å²) in [6.45, 7) is 0.858. The molecular weight excluding hydrogens is 404 g/mol.